The Labute approximate surface area is 154 Å². The van der Waals surface area contributed by atoms with Crippen molar-refractivity contribution in [2.75, 3.05) is 42.0 Å². The molecule has 0 bridgehead atoms. The molecule has 0 fully saturated rings. The van der Waals surface area contributed by atoms with Crippen molar-refractivity contribution in [3.63, 3.8) is 0 Å². The van der Waals surface area contributed by atoms with Gasteiger partial charge >= 0.3 is 0 Å². The zero-order valence-corrected chi connectivity index (χ0v) is 16.0. The van der Waals surface area contributed by atoms with Gasteiger partial charge in [-0.15, -0.1) is 0 Å². The minimum absolute atomic E-state index is 0.333. The maximum absolute atomic E-state index is 5.81. The topological polar surface area (TPSA) is 40.2 Å². The van der Waals surface area contributed by atoms with Crippen LogP contribution in [-0.4, -0.2) is 46.9 Å². The molecule has 0 N–H and O–H groups in total. The second-order valence-corrected chi connectivity index (χ2v) is 6.87. The van der Waals surface area contributed by atoms with Crippen LogP contribution in [0.2, 0.25) is 0 Å². The molecule has 1 aliphatic carbocycles. The van der Waals surface area contributed by atoms with Gasteiger partial charge in [-0.3, -0.25) is 4.90 Å². The molecule has 2 aromatic carbocycles. The van der Waals surface area contributed by atoms with Crippen LogP contribution in [0.5, 0.6) is 23.0 Å². The molecule has 0 amide bonds. The molecular formula is C21H25NO4. The maximum atomic E-state index is 5.81. The molecule has 5 nitrogen and oxygen atoms in total. The highest BCUT2D eigenvalue weighted by molar-refractivity contribution is 5.85. The summed E-state index contributed by atoms with van der Waals surface area (Å²) in [5, 5.41) is 0. The molecule has 4 rings (SSSR count). The second kappa shape index (κ2) is 6.40. The van der Waals surface area contributed by atoms with E-state index in [1.165, 1.54) is 16.7 Å². The molecule has 0 spiro atoms. The summed E-state index contributed by atoms with van der Waals surface area (Å²) in [6.45, 7) is 1.04. The van der Waals surface area contributed by atoms with Crippen molar-refractivity contribution in [2.24, 2.45) is 0 Å². The van der Waals surface area contributed by atoms with Crippen molar-refractivity contribution in [1.82, 2.24) is 4.90 Å². The lowest BCUT2D eigenvalue weighted by Gasteiger charge is -2.40. The Morgan fingerprint density at radius 3 is 2.15 bits per heavy atom. The molecule has 0 saturated heterocycles. The molecule has 5 heteroatoms. The Hall–Kier alpha value is -2.40. The van der Waals surface area contributed by atoms with Gasteiger partial charge in [-0.1, -0.05) is 0 Å². The second-order valence-electron chi connectivity index (χ2n) is 6.87. The SMILES string of the molecule is COc1cc2c(cc1OC)-c1c(OC)c(OC)cc3c1[C@@H](C2)N(C)CC3. The molecule has 0 aromatic heterocycles. The van der Waals surface area contributed by atoms with Crippen LogP contribution < -0.4 is 18.9 Å². The minimum atomic E-state index is 0.333. The van der Waals surface area contributed by atoms with Gasteiger partial charge in [0.2, 0.25) is 0 Å². The van der Waals surface area contributed by atoms with Gasteiger partial charge in [-0.2, -0.15) is 0 Å². The van der Waals surface area contributed by atoms with E-state index < -0.39 is 0 Å². The van der Waals surface area contributed by atoms with E-state index in [0.29, 0.717) is 6.04 Å². The third-order valence-corrected chi connectivity index (χ3v) is 5.69. The molecule has 0 saturated carbocycles. The molecule has 0 unspecified atom stereocenters. The van der Waals surface area contributed by atoms with Gasteiger partial charge in [0.15, 0.2) is 23.0 Å². The first kappa shape index (κ1) is 17.0. The maximum Gasteiger partial charge on any atom is 0.168 e. The molecule has 2 aromatic rings. The quantitative estimate of drug-likeness (QED) is 0.840. The normalized spacial score (nSPS) is 18.0. The number of rotatable bonds is 4. The van der Waals surface area contributed by atoms with Gasteiger partial charge in [0.25, 0.3) is 0 Å². The number of ether oxygens (including phenoxy) is 4. The predicted molar refractivity (Wildman–Crippen MR) is 101 cm³/mol. The summed E-state index contributed by atoms with van der Waals surface area (Å²) in [6, 6.07) is 6.64. The summed E-state index contributed by atoms with van der Waals surface area (Å²) in [6.07, 6.45) is 1.96. The van der Waals surface area contributed by atoms with Crippen LogP contribution in [0.25, 0.3) is 11.1 Å². The van der Waals surface area contributed by atoms with E-state index in [1.807, 2.05) is 0 Å². The van der Waals surface area contributed by atoms with Crippen molar-refractivity contribution in [3.05, 3.63) is 34.9 Å². The van der Waals surface area contributed by atoms with Crippen molar-refractivity contribution < 1.29 is 18.9 Å². The molecule has 1 heterocycles. The van der Waals surface area contributed by atoms with Gasteiger partial charge < -0.3 is 18.9 Å². The number of hydrogen-bond donors (Lipinski definition) is 0. The van der Waals surface area contributed by atoms with Gasteiger partial charge in [0.05, 0.1) is 28.4 Å². The van der Waals surface area contributed by atoms with Crippen LogP contribution in [-0.2, 0) is 12.8 Å². The summed E-state index contributed by atoms with van der Waals surface area (Å²) in [5.74, 6) is 3.06. The van der Waals surface area contributed by atoms with Gasteiger partial charge in [-0.25, -0.2) is 0 Å². The van der Waals surface area contributed by atoms with Crippen molar-refractivity contribution in [2.45, 2.75) is 18.9 Å². The lowest BCUT2D eigenvalue weighted by molar-refractivity contribution is 0.226. The van der Waals surface area contributed by atoms with Crippen molar-refractivity contribution >= 4 is 0 Å². The molecule has 138 valence electrons. The fourth-order valence-electron chi connectivity index (χ4n) is 4.38. The third-order valence-electron chi connectivity index (χ3n) is 5.69. The Balaban J connectivity index is 2.07. The first-order valence-electron chi connectivity index (χ1n) is 8.86. The highest BCUT2D eigenvalue weighted by Gasteiger charge is 2.36. The summed E-state index contributed by atoms with van der Waals surface area (Å²) in [5.41, 5.74) is 6.21. The number of likely N-dealkylation sites (N-methyl/N-ethyl adjacent to an activating group) is 1. The largest absolute Gasteiger partial charge is 0.493 e. The summed E-state index contributed by atoms with van der Waals surface area (Å²) in [4.78, 5) is 2.43. The Bertz CT molecular complexity index is 862. The Morgan fingerprint density at radius 2 is 1.50 bits per heavy atom. The number of benzene rings is 2. The number of nitrogens with zero attached hydrogens (tertiary/aromatic N) is 1. The molecule has 26 heavy (non-hydrogen) atoms. The van der Waals surface area contributed by atoms with E-state index in [-0.39, 0.29) is 0 Å². The molecule has 1 atom stereocenters. The summed E-state index contributed by atoms with van der Waals surface area (Å²) < 4.78 is 22.6. The van der Waals surface area contributed by atoms with Crippen LogP contribution >= 0.6 is 0 Å². The van der Waals surface area contributed by atoms with E-state index in [2.05, 4.69) is 30.1 Å². The van der Waals surface area contributed by atoms with Crippen LogP contribution in [0.3, 0.4) is 0 Å². The van der Waals surface area contributed by atoms with Crippen LogP contribution in [0.4, 0.5) is 0 Å². The summed E-state index contributed by atoms with van der Waals surface area (Å²) in [7, 11) is 8.94. The standard InChI is InChI=1S/C21H25NO4/c1-22-7-6-12-9-18(25-4)21(26-5)20-14-11-17(24-3)16(23-2)10-13(14)8-15(22)19(12)20/h9-11,15H,6-8H2,1-5H3/t15-/m1/s1. The number of methoxy groups -OCH3 is 4. The molecule has 0 radical (unpaired) electrons. The van der Waals surface area contributed by atoms with Crippen molar-refractivity contribution in [3.8, 4) is 34.1 Å². The van der Waals surface area contributed by atoms with Crippen LogP contribution in [0, 0.1) is 0 Å². The lowest BCUT2D eigenvalue weighted by atomic mass is 9.76. The highest BCUT2D eigenvalue weighted by Crippen LogP contribution is 2.53. The lowest BCUT2D eigenvalue weighted by Crippen LogP contribution is -2.35. The average Bonchev–Trinajstić information content (AvgIpc) is 2.68. The van der Waals surface area contributed by atoms with Crippen LogP contribution in [0.15, 0.2) is 18.2 Å². The van der Waals surface area contributed by atoms with Gasteiger partial charge in [0.1, 0.15) is 0 Å². The predicted octanol–water partition coefficient (Wildman–Crippen LogP) is 3.47. The van der Waals surface area contributed by atoms with E-state index in [9.17, 15) is 0 Å². The zero-order chi connectivity index (χ0) is 18.4. The van der Waals surface area contributed by atoms with E-state index in [4.69, 9.17) is 18.9 Å². The zero-order valence-electron chi connectivity index (χ0n) is 16.0. The molecular weight excluding hydrogens is 330 g/mol. The van der Waals surface area contributed by atoms with Crippen LogP contribution in [0.1, 0.15) is 22.7 Å². The van der Waals surface area contributed by atoms with Gasteiger partial charge in [-0.05, 0) is 60.3 Å². The fourth-order valence-corrected chi connectivity index (χ4v) is 4.38. The number of fused-ring (bicyclic) bond motifs is 2. The average molecular weight is 355 g/mol. The van der Waals surface area contributed by atoms with Gasteiger partial charge in [0, 0.05) is 18.2 Å². The first-order chi connectivity index (χ1) is 12.6. The Morgan fingerprint density at radius 1 is 0.846 bits per heavy atom. The molecule has 1 aliphatic heterocycles. The first-order valence-corrected chi connectivity index (χ1v) is 8.86. The van der Waals surface area contributed by atoms with E-state index in [1.54, 1.807) is 28.4 Å². The smallest absolute Gasteiger partial charge is 0.168 e. The fraction of sp³-hybridized carbons (Fsp3) is 0.429. The highest BCUT2D eigenvalue weighted by atomic mass is 16.5. The third kappa shape index (κ3) is 2.34. The van der Waals surface area contributed by atoms with E-state index in [0.717, 1.165) is 53.5 Å². The summed E-state index contributed by atoms with van der Waals surface area (Å²) >= 11 is 0. The molecule has 2 aliphatic rings. The Kier molecular flexibility index (Phi) is 4.19. The monoisotopic (exact) mass is 355 g/mol. The number of hydrogen-bond acceptors (Lipinski definition) is 5. The van der Waals surface area contributed by atoms with Crippen molar-refractivity contribution in [1.29, 1.82) is 0 Å². The minimum Gasteiger partial charge on any atom is -0.493 e. The van der Waals surface area contributed by atoms with E-state index >= 15 is 0 Å².